The summed E-state index contributed by atoms with van der Waals surface area (Å²) in [5.41, 5.74) is 0. The Morgan fingerprint density at radius 2 is 1.75 bits per heavy atom. The minimum absolute atomic E-state index is 0.122. The minimum Gasteiger partial charge on any atom is -0.395 e. The van der Waals surface area contributed by atoms with Crippen LogP contribution in [0.1, 0.15) is 0 Å². The zero-order chi connectivity index (χ0) is 9.40. The van der Waals surface area contributed by atoms with Gasteiger partial charge in [0.1, 0.15) is 0 Å². The zero-order valence-corrected chi connectivity index (χ0v) is 7.32. The van der Waals surface area contributed by atoms with Gasteiger partial charge in [-0.25, -0.2) is 0 Å². The highest BCUT2D eigenvalue weighted by Crippen LogP contribution is 1.82. The van der Waals surface area contributed by atoms with Crippen LogP contribution in [0.2, 0.25) is 0 Å². The molecule has 0 aromatic rings. The molecule has 0 aromatic carbocycles. The standard InChI is InChI=1S/C7H18N2O3/c1-8-2-7(12)3-9-6(4-10)5-11/h6-12H,2-5H2,1H3. The lowest BCUT2D eigenvalue weighted by molar-refractivity contribution is 0.134. The number of likely N-dealkylation sites (N-methyl/N-ethyl adjacent to an activating group) is 1. The first-order valence-electron chi connectivity index (χ1n) is 4.02. The topological polar surface area (TPSA) is 84.8 Å². The van der Waals surface area contributed by atoms with Crippen molar-refractivity contribution in [2.24, 2.45) is 0 Å². The van der Waals surface area contributed by atoms with Crippen molar-refractivity contribution in [2.45, 2.75) is 12.1 Å². The second kappa shape index (κ2) is 7.45. The molecule has 5 N–H and O–H groups in total. The van der Waals surface area contributed by atoms with Gasteiger partial charge in [-0.05, 0) is 7.05 Å². The number of hydrogen-bond acceptors (Lipinski definition) is 5. The highest BCUT2D eigenvalue weighted by molar-refractivity contribution is 4.68. The first-order chi connectivity index (χ1) is 5.74. The minimum atomic E-state index is -0.490. The predicted molar refractivity (Wildman–Crippen MR) is 45.9 cm³/mol. The van der Waals surface area contributed by atoms with Crippen LogP contribution < -0.4 is 10.6 Å². The summed E-state index contributed by atoms with van der Waals surface area (Å²) in [7, 11) is 1.75. The van der Waals surface area contributed by atoms with Crippen LogP contribution in [0.25, 0.3) is 0 Å². The number of hydrogen-bond donors (Lipinski definition) is 5. The van der Waals surface area contributed by atoms with Gasteiger partial charge in [0.2, 0.25) is 0 Å². The summed E-state index contributed by atoms with van der Waals surface area (Å²) in [5, 5.41) is 32.1. The summed E-state index contributed by atoms with van der Waals surface area (Å²) in [4.78, 5) is 0. The second-order valence-corrected chi connectivity index (χ2v) is 2.68. The van der Waals surface area contributed by atoms with Gasteiger partial charge < -0.3 is 26.0 Å². The number of aliphatic hydroxyl groups is 3. The molecule has 0 aliphatic carbocycles. The van der Waals surface area contributed by atoms with Crippen molar-refractivity contribution >= 4 is 0 Å². The molecule has 0 fully saturated rings. The fourth-order valence-corrected chi connectivity index (χ4v) is 0.797. The highest BCUT2D eigenvalue weighted by atomic mass is 16.3. The van der Waals surface area contributed by atoms with Gasteiger partial charge in [0, 0.05) is 13.1 Å². The fourth-order valence-electron chi connectivity index (χ4n) is 0.797. The van der Waals surface area contributed by atoms with Gasteiger partial charge >= 0.3 is 0 Å². The van der Waals surface area contributed by atoms with E-state index in [0.717, 1.165) is 0 Å². The first-order valence-corrected chi connectivity index (χ1v) is 4.02. The molecule has 0 aliphatic rings. The Kier molecular flexibility index (Phi) is 7.33. The van der Waals surface area contributed by atoms with E-state index < -0.39 is 6.10 Å². The molecule has 5 heteroatoms. The third-order valence-corrected chi connectivity index (χ3v) is 1.52. The summed E-state index contributed by atoms with van der Waals surface area (Å²) in [6.45, 7) is 0.620. The molecular formula is C7H18N2O3. The number of aliphatic hydroxyl groups excluding tert-OH is 3. The molecule has 0 aromatic heterocycles. The Morgan fingerprint density at radius 1 is 1.17 bits per heavy atom. The molecule has 12 heavy (non-hydrogen) atoms. The van der Waals surface area contributed by atoms with Crippen LogP contribution in [0, 0.1) is 0 Å². The van der Waals surface area contributed by atoms with Crippen molar-refractivity contribution in [1.29, 1.82) is 0 Å². The maximum absolute atomic E-state index is 9.20. The van der Waals surface area contributed by atoms with Crippen LogP contribution in [0.15, 0.2) is 0 Å². The quantitative estimate of drug-likeness (QED) is 0.298. The molecule has 0 aliphatic heterocycles. The highest BCUT2D eigenvalue weighted by Gasteiger charge is 2.07. The Labute approximate surface area is 72.4 Å². The SMILES string of the molecule is CNCC(O)CNC(CO)CO. The Balaban J connectivity index is 3.37. The van der Waals surface area contributed by atoms with Crippen molar-refractivity contribution in [3.05, 3.63) is 0 Å². The fraction of sp³-hybridized carbons (Fsp3) is 1.00. The summed E-state index contributed by atoms with van der Waals surface area (Å²) in [6.07, 6.45) is -0.490. The molecule has 0 radical (unpaired) electrons. The van der Waals surface area contributed by atoms with E-state index in [1.807, 2.05) is 0 Å². The van der Waals surface area contributed by atoms with E-state index in [4.69, 9.17) is 10.2 Å². The maximum atomic E-state index is 9.20. The zero-order valence-electron chi connectivity index (χ0n) is 7.32. The normalized spacial score (nSPS) is 13.8. The van der Waals surface area contributed by atoms with Crippen LogP contribution in [-0.2, 0) is 0 Å². The van der Waals surface area contributed by atoms with Gasteiger partial charge in [0.25, 0.3) is 0 Å². The molecule has 0 spiro atoms. The van der Waals surface area contributed by atoms with Gasteiger partial charge in [0.05, 0.1) is 25.4 Å². The summed E-state index contributed by atoms with van der Waals surface area (Å²) >= 11 is 0. The Bertz CT molecular complexity index is 98.7. The molecule has 0 amide bonds. The van der Waals surface area contributed by atoms with Crippen LogP contribution in [0.5, 0.6) is 0 Å². The van der Waals surface area contributed by atoms with E-state index in [0.29, 0.717) is 13.1 Å². The average Bonchev–Trinajstić information content (AvgIpc) is 2.07. The van der Waals surface area contributed by atoms with E-state index >= 15 is 0 Å². The summed E-state index contributed by atoms with van der Waals surface area (Å²) in [6, 6.07) is -0.337. The van der Waals surface area contributed by atoms with Crippen LogP contribution in [0.4, 0.5) is 0 Å². The second-order valence-electron chi connectivity index (χ2n) is 2.68. The van der Waals surface area contributed by atoms with Crippen LogP contribution >= 0.6 is 0 Å². The third kappa shape index (κ3) is 5.45. The first kappa shape index (κ1) is 11.8. The molecule has 5 nitrogen and oxygen atoms in total. The van der Waals surface area contributed by atoms with E-state index in [2.05, 4.69) is 10.6 Å². The van der Waals surface area contributed by atoms with Gasteiger partial charge in [-0.1, -0.05) is 0 Å². The third-order valence-electron chi connectivity index (χ3n) is 1.52. The van der Waals surface area contributed by atoms with Gasteiger partial charge in [-0.2, -0.15) is 0 Å². The van der Waals surface area contributed by atoms with E-state index in [1.54, 1.807) is 7.05 Å². The average molecular weight is 178 g/mol. The summed E-state index contributed by atoms with van der Waals surface area (Å²) in [5.74, 6) is 0. The summed E-state index contributed by atoms with van der Waals surface area (Å²) < 4.78 is 0. The Hall–Kier alpha value is -0.200. The van der Waals surface area contributed by atoms with Crippen molar-refractivity contribution < 1.29 is 15.3 Å². The van der Waals surface area contributed by atoms with Crippen molar-refractivity contribution in [3.63, 3.8) is 0 Å². The molecule has 1 atom stereocenters. The van der Waals surface area contributed by atoms with Gasteiger partial charge in [-0.15, -0.1) is 0 Å². The Morgan fingerprint density at radius 3 is 2.17 bits per heavy atom. The number of rotatable bonds is 7. The lowest BCUT2D eigenvalue weighted by Gasteiger charge is -2.16. The lowest BCUT2D eigenvalue weighted by Crippen LogP contribution is -2.42. The van der Waals surface area contributed by atoms with Crippen LogP contribution in [-0.4, -0.2) is 60.8 Å². The predicted octanol–water partition coefficient (Wildman–Crippen LogP) is -2.49. The smallest absolute Gasteiger partial charge is 0.0788 e. The molecule has 0 heterocycles. The van der Waals surface area contributed by atoms with Gasteiger partial charge in [0.15, 0.2) is 0 Å². The molecule has 0 saturated heterocycles. The molecule has 74 valence electrons. The molecular weight excluding hydrogens is 160 g/mol. The van der Waals surface area contributed by atoms with Crippen molar-refractivity contribution in [3.8, 4) is 0 Å². The number of nitrogens with one attached hydrogen (secondary N) is 2. The van der Waals surface area contributed by atoms with Crippen molar-refractivity contribution in [2.75, 3.05) is 33.4 Å². The van der Waals surface area contributed by atoms with E-state index in [-0.39, 0.29) is 19.3 Å². The van der Waals surface area contributed by atoms with Gasteiger partial charge in [-0.3, -0.25) is 0 Å². The van der Waals surface area contributed by atoms with Crippen molar-refractivity contribution in [1.82, 2.24) is 10.6 Å². The molecule has 0 bridgehead atoms. The van der Waals surface area contributed by atoms with Crippen LogP contribution in [0.3, 0.4) is 0 Å². The van der Waals surface area contributed by atoms with E-state index in [1.165, 1.54) is 0 Å². The lowest BCUT2D eigenvalue weighted by atomic mass is 10.3. The maximum Gasteiger partial charge on any atom is 0.0788 e. The molecule has 0 rings (SSSR count). The molecule has 1 unspecified atom stereocenters. The van der Waals surface area contributed by atoms with E-state index in [9.17, 15) is 5.11 Å². The molecule has 0 saturated carbocycles. The monoisotopic (exact) mass is 178 g/mol. The largest absolute Gasteiger partial charge is 0.395 e.